The van der Waals surface area contributed by atoms with Crippen LogP contribution in [-0.4, -0.2) is 17.3 Å². The Morgan fingerprint density at radius 3 is 2.70 bits per heavy atom. The largest absolute Gasteiger partial charge is 0.496 e. The molecule has 3 rings (SSSR count). The maximum absolute atomic E-state index is 6.01. The zero-order valence-electron chi connectivity index (χ0n) is 12.1. The van der Waals surface area contributed by atoms with Crippen LogP contribution in [0.25, 0.3) is 11.5 Å². The van der Waals surface area contributed by atoms with Crippen LogP contribution in [0.15, 0.2) is 52.1 Å². The Balaban J connectivity index is 1.73. The van der Waals surface area contributed by atoms with Crippen LogP contribution in [0.5, 0.6) is 5.75 Å². The topological polar surface area (TPSA) is 48.2 Å². The second kappa shape index (κ2) is 7.25. The van der Waals surface area contributed by atoms with E-state index in [9.17, 15) is 0 Å². The monoisotopic (exact) mass is 366 g/mol. The lowest BCUT2D eigenvalue weighted by molar-refractivity contribution is 0.411. The minimum absolute atomic E-state index is 0.430. The molecule has 23 heavy (non-hydrogen) atoms. The first-order valence-corrected chi connectivity index (χ1v) is 8.45. The maximum Gasteiger partial charge on any atom is 0.277 e. The first-order chi connectivity index (χ1) is 11.2. The molecule has 7 heteroatoms. The third-order valence-electron chi connectivity index (χ3n) is 3.09. The standard InChI is InChI=1S/C16H12Cl2N2O2S/c1-21-14-5-3-2-4-11(14)15-19-20-16(22-15)23-9-10-6-7-12(17)13(18)8-10/h2-8H,9H2,1H3. The Morgan fingerprint density at radius 2 is 1.91 bits per heavy atom. The van der Waals surface area contributed by atoms with Crippen LogP contribution in [0.2, 0.25) is 10.0 Å². The van der Waals surface area contributed by atoms with Gasteiger partial charge in [-0.2, -0.15) is 0 Å². The van der Waals surface area contributed by atoms with E-state index in [0.29, 0.717) is 32.7 Å². The highest BCUT2D eigenvalue weighted by Gasteiger charge is 2.13. The Hall–Kier alpha value is -1.69. The van der Waals surface area contributed by atoms with Crippen LogP contribution < -0.4 is 4.74 Å². The molecular weight excluding hydrogens is 355 g/mol. The Kier molecular flexibility index (Phi) is 5.10. The fourth-order valence-corrected chi connectivity index (χ4v) is 3.00. The third-order valence-corrected chi connectivity index (χ3v) is 4.72. The summed E-state index contributed by atoms with van der Waals surface area (Å²) in [6.45, 7) is 0. The number of hydrogen-bond donors (Lipinski definition) is 0. The lowest BCUT2D eigenvalue weighted by Gasteiger charge is -2.03. The fraction of sp³-hybridized carbons (Fsp3) is 0.125. The van der Waals surface area contributed by atoms with Crippen LogP contribution in [0, 0.1) is 0 Å². The molecule has 0 bridgehead atoms. The normalized spacial score (nSPS) is 10.7. The lowest BCUT2D eigenvalue weighted by Crippen LogP contribution is -1.87. The Morgan fingerprint density at radius 1 is 1.09 bits per heavy atom. The van der Waals surface area contributed by atoms with Crippen molar-refractivity contribution in [1.82, 2.24) is 10.2 Å². The molecule has 3 aromatic rings. The molecule has 0 radical (unpaired) electrons. The molecule has 1 heterocycles. The Bertz CT molecular complexity index is 823. The molecular formula is C16H12Cl2N2O2S. The van der Waals surface area contributed by atoms with E-state index in [4.69, 9.17) is 32.4 Å². The molecule has 0 aliphatic carbocycles. The highest BCUT2D eigenvalue weighted by Crippen LogP contribution is 2.32. The molecule has 4 nitrogen and oxygen atoms in total. The molecule has 0 atom stereocenters. The molecule has 0 fully saturated rings. The Labute approximate surface area is 147 Å². The lowest BCUT2D eigenvalue weighted by atomic mass is 10.2. The highest BCUT2D eigenvalue weighted by molar-refractivity contribution is 7.98. The van der Waals surface area contributed by atoms with Gasteiger partial charge >= 0.3 is 0 Å². The number of para-hydroxylation sites is 1. The summed E-state index contributed by atoms with van der Waals surface area (Å²) in [4.78, 5) is 0. The maximum atomic E-state index is 6.01. The van der Waals surface area contributed by atoms with Gasteiger partial charge in [-0.1, -0.05) is 53.2 Å². The van der Waals surface area contributed by atoms with E-state index in [2.05, 4.69) is 10.2 Å². The van der Waals surface area contributed by atoms with Gasteiger partial charge in [-0.25, -0.2) is 0 Å². The first-order valence-electron chi connectivity index (χ1n) is 6.71. The van der Waals surface area contributed by atoms with Gasteiger partial charge in [-0.3, -0.25) is 0 Å². The molecule has 0 N–H and O–H groups in total. The van der Waals surface area contributed by atoms with Gasteiger partial charge in [0.15, 0.2) is 0 Å². The molecule has 0 aliphatic heterocycles. The minimum Gasteiger partial charge on any atom is -0.496 e. The summed E-state index contributed by atoms with van der Waals surface area (Å²) in [6.07, 6.45) is 0. The molecule has 2 aromatic carbocycles. The van der Waals surface area contributed by atoms with Gasteiger partial charge in [-0.15, -0.1) is 10.2 Å². The third kappa shape index (κ3) is 3.80. The van der Waals surface area contributed by atoms with E-state index < -0.39 is 0 Å². The van der Waals surface area contributed by atoms with Gasteiger partial charge in [0.1, 0.15) is 5.75 Å². The number of rotatable bonds is 5. The average Bonchev–Trinajstić information content (AvgIpc) is 3.04. The summed E-state index contributed by atoms with van der Waals surface area (Å²) in [7, 11) is 1.61. The molecule has 118 valence electrons. The molecule has 0 saturated heterocycles. The van der Waals surface area contributed by atoms with Gasteiger partial charge in [0, 0.05) is 5.75 Å². The number of ether oxygens (including phenoxy) is 1. The van der Waals surface area contributed by atoms with Crippen molar-refractivity contribution in [3.8, 4) is 17.2 Å². The van der Waals surface area contributed by atoms with E-state index in [0.717, 1.165) is 11.1 Å². The van der Waals surface area contributed by atoms with E-state index in [1.54, 1.807) is 13.2 Å². The van der Waals surface area contributed by atoms with Crippen LogP contribution in [0.1, 0.15) is 5.56 Å². The van der Waals surface area contributed by atoms with Crippen molar-refractivity contribution < 1.29 is 9.15 Å². The van der Waals surface area contributed by atoms with Gasteiger partial charge in [0.05, 0.1) is 22.7 Å². The fourth-order valence-electron chi connectivity index (χ4n) is 1.97. The summed E-state index contributed by atoms with van der Waals surface area (Å²) in [5.41, 5.74) is 1.80. The van der Waals surface area contributed by atoms with Gasteiger partial charge in [0.2, 0.25) is 0 Å². The van der Waals surface area contributed by atoms with Crippen molar-refractivity contribution in [3.63, 3.8) is 0 Å². The van der Waals surface area contributed by atoms with E-state index >= 15 is 0 Å². The number of thioether (sulfide) groups is 1. The quantitative estimate of drug-likeness (QED) is 0.570. The van der Waals surface area contributed by atoms with E-state index in [1.807, 2.05) is 36.4 Å². The SMILES string of the molecule is COc1ccccc1-c1nnc(SCc2ccc(Cl)c(Cl)c2)o1. The molecule has 0 saturated carbocycles. The van der Waals surface area contributed by atoms with Crippen LogP contribution >= 0.6 is 35.0 Å². The van der Waals surface area contributed by atoms with Crippen LogP contribution in [-0.2, 0) is 5.75 Å². The van der Waals surface area contributed by atoms with E-state index in [1.165, 1.54) is 11.8 Å². The van der Waals surface area contributed by atoms with Crippen molar-refractivity contribution in [2.24, 2.45) is 0 Å². The van der Waals surface area contributed by atoms with Crippen molar-refractivity contribution in [2.45, 2.75) is 11.0 Å². The molecule has 0 aliphatic rings. The second-order valence-corrected chi connectivity index (χ2v) is 6.35. The zero-order chi connectivity index (χ0) is 16.2. The van der Waals surface area contributed by atoms with Crippen LogP contribution in [0.3, 0.4) is 0 Å². The summed E-state index contributed by atoms with van der Waals surface area (Å²) in [5, 5.41) is 9.68. The van der Waals surface area contributed by atoms with Crippen molar-refractivity contribution in [2.75, 3.05) is 7.11 Å². The van der Waals surface area contributed by atoms with Crippen LogP contribution in [0.4, 0.5) is 0 Å². The molecule has 0 amide bonds. The van der Waals surface area contributed by atoms with Crippen molar-refractivity contribution in [3.05, 3.63) is 58.1 Å². The van der Waals surface area contributed by atoms with E-state index in [-0.39, 0.29) is 0 Å². The predicted molar refractivity (Wildman–Crippen MR) is 92.3 cm³/mol. The second-order valence-electron chi connectivity index (χ2n) is 4.61. The zero-order valence-corrected chi connectivity index (χ0v) is 14.5. The number of hydrogen-bond acceptors (Lipinski definition) is 5. The number of methoxy groups -OCH3 is 1. The summed E-state index contributed by atoms with van der Waals surface area (Å²) in [6, 6.07) is 13.0. The van der Waals surface area contributed by atoms with Crippen molar-refractivity contribution in [1.29, 1.82) is 0 Å². The highest BCUT2D eigenvalue weighted by atomic mass is 35.5. The predicted octanol–water partition coefficient (Wildman–Crippen LogP) is 5.34. The number of halogens is 2. The number of nitrogens with zero attached hydrogens (tertiary/aromatic N) is 2. The summed E-state index contributed by atoms with van der Waals surface area (Å²) in [5.74, 6) is 1.78. The first kappa shape index (κ1) is 16.2. The van der Waals surface area contributed by atoms with Gasteiger partial charge < -0.3 is 9.15 Å². The molecule has 0 unspecified atom stereocenters. The average molecular weight is 367 g/mol. The van der Waals surface area contributed by atoms with Gasteiger partial charge in [-0.05, 0) is 29.8 Å². The summed E-state index contributed by atoms with van der Waals surface area (Å²) >= 11 is 13.3. The number of benzene rings is 2. The summed E-state index contributed by atoms with van der Waals surface area (Å²) < 4.78 is 11.0. The molecule has 1 aromatic heterocycles. The minimum atomic E-state index is 0.430. The van der Waals surface area contributed by atoms with Gasteiger partial charge in [0.25, 0.3) is 11.1 Å². The molecule has 0 spiro atoms. The number of aromatic nitrogens is 2. The smallest absolute Gasteiger partial charge is 0.277 e. The van der Waals surface area contributed by atoms with Crippen molar-refractivity contribution >= 4 is 35.0 Å².